The van der Waals surface area contributed by atoms with E-state index in [1.807, 2.05) is 31.2 Å². The Kier molecular flexibility index (Phi) is 5.35. The molecule has 0 radical (unpaired) electrons. The van der Waals surface area contributed by atoms with Gasteiger partial charge in [-0.25, -0.2) is 5.43 Å². The first-order valence-corrected chi connectivity index (χ1v) is 6.79. The van der Waals surface area contributed by atoms with Gasteiger partial charge in [-0.15, -0.1) is 0 Å². The van der Waals surface area contributed by atoms with Gasteiger partial charge in [-0.3, -0.25) is 4.79 Å². The van der Waals surface area contributed by atoms with Crippen LogP contribution >= 0.6 is 11.6 Å². The average Bonchev–Trinajstić information content (AvgIpc) is 2.46. The molecule has 0 aromatic heterocycles. The lowest BCUT2D eigenvalue weighted by Crippen LogP contribution is -2.24. The first-order chi connectivity index (χ1) is 10.1. The number of benzene rings is 2. The van der Waals surface area contributed by atoms with Crippen molar-refractivity contribution in [3.63, 3.8) is 0 Å². The zero-order valence-electron chi connectivity index (χ0n) is 11.5. The van der Waals surface area contributed by atoms with Crippen molar-refractivity contribution in [2.24, 2.45) is 5.10 Å². The van der Waals surface area contributed by atoms with E-state index in [9.17, 15) is 4.79 Å². The Labute approximate surface area is 128 Å². The molecule has 0 fully saturated rings. The van der Waals surface area contributed by atoms with E-state index in [-0.39, 0.29) is 12.5 Å². The fourth-order valence-electron chi connectivity index (χ4n) is 1.67. The minimum absolute atomic E-state index is 0.144. The summed E-state index contributed by atoms with van der Waals surface area (Å²) in [4.78, 5) is 11.6. The third-order valence-electron chi connectivity index (χ3n) is 2.64. The Balaban J connectivity index is 1.81. The second kappa shape index (κ2) is 7.45. The van der Waals surface area contributed by atoms with Crippen LogP contribution in [0, 0.1) is 6.92 Å². The van der Waals surface area contributed by atoms with Crippen molar-refractivity contribution >= 4 is 23.7 Å². The molecule has 0 aliphatic heterocycles. The number of carbonyl (C=O) groups excluding carboxylic acids is 1. The van der Waals surface area contributed by atoms with E-state index in [0.717, 1.165) is 11.1 Å². The predicted molar refractivity (Wildman–Crippen MR) is 83.9 cm³/mol. The van der Waals surface area contributed by atoms with Gasteiger partial charge in [0.05, 0.1) is 11.2 Å². The monoisotopic (exact) mass is 302 g/mol. The topological polar surface area (TPSA) is 50.7 Å². The smallest absolute Gasteiger partial charge is 0.277 e. The number of aryl methyl sites for hydroxylation is 1. The van der Waals surface area contributed by atoms with E-state index in [0.29, 0.717) is 10.8 Å². The second-order valence-corrected chi connectivity index (χ2v) is 4.83. The van der Waals surface area contributed by atoms with E-state index in [2.05, 4.69) is 10.5 Å². The van der Waals surface area contributed by atoms with Crippen LogP contribution in [0.3, 0.4) is 0 Å². The molecular weight excluding hydrogens is 288 g/mol. The van der Waals surface area contributed by atoms with Gasteiger partial charge in [-0.1, -0.05) is 53.6 Å². The number of hydrogen-bond donors (Lipinski definition) is 1. The van der Waals surface area contributed by atoms with Crippen molar-refractivity contribution < 1.29 is 9.53 Å². The molecule has 0 atom stereocenters. The van der Waals surface area contributed by atoms with Gasteiger partial charge in [0, 0.05) is 0 Å². The van der Waals surface area contributed by atoms with Crippen molar-refractivity contribution in [2.45, 2.75) is 6.92 Å². The predicted octanol–water partition coefficient (Wildman–Crippen LogP) is 3.18. The summed E-state index contributed by atoms with van der Waals surface area (Å²) in [5, 5.41) is 4.35. The van der Waals surface area contributed by atoms with Crippen LogP contribution in [0.4, 0.5) is 0 Å². The van der Waals surface area contributed by atoms with Gasteiger partial charge in [0.1, 0.15) is 5.75 Å². The van der Waals surface area contributed by atoms with E-state index >= 15 is 0 Å². The molecule has 108 valence electrons. The lowest BCUT2D eigenvalue weighted by atomic mass is 10.2. The number of nitrogens with one attached hydrogen (secondary N) is 1. The maximum Gasteiger partial charge on any atom is 0.277 e. The molecule has 0 aliphatic rings. The van der Waals surface area contributed by atoms with Gasteiger partial charge >= 0.3 is 0 Å². The number of ether oxygens (including phenoxy) is 1. The number of hydrazone groups is 1. The van der Waals surface area contributed by atoms with Crippen molar-refractivity contribution in [2.75, 3.05) is 6.61 Å². The van der Waals surface area contributed by atoms with Gasteiger partial charge in [0.15, 0.2) is 6.61 Å². The van der Waals surface area contributed by atoms with E-state index in [1.165, 1.54) is 0 Å². The SMILES string of the molecule is Cc1cccc(/C=N/NC(=O)COc2ccccc2Cl)c1. The summed E-state index contributed by atoms with van der Waals surface area (Å²) < 4.78 is 5.30. The lowest BCUT2D eigenvalue weighted by Gasteiger charge is -2.06. The molecule has 2 rings (SSSR count). The molecule has 4 nitrogen and oxygen atoms in total. The molecule has 0 saturated carbocycles. The molecule has 0 heterocycles. The first kappa shape index (κ1) is 15.1. The summed E-state index contributed by atoms with van der Waals surface area (Å²) in [6, 6.07) is 14.8. The number of nitrogens with zero attached hydrogens (tertiary/aromatic N) is 1. The third-order valence-corrected chi connectivity index (χ3v) is 2.95. The van der Waals surface area contributed by atoms with Crippen molar-refractivity contribution in [1.82, 2.24) is 5.43 Å². The molecule has 1 amide bonds. The Morgan fingerprint density at radius 1 is 1.29 bits per heavy atom. The van der Waals surface area contributed by atoms with Crippen LogP contribution in [0.15, 0.2) is 53.6 Å². The Bertz CT molecular complexity index is 656. The van der Waals surface area contributed by atoms with E-state index < -0.39 is 0 Å². The normalized spacial score (nSPS) is 10.6. The highest BCUT2D eigenvalue weighted by atomic mass is 35.5. The molecule has 5 heteroatoms. The Morgan fingerprint density at radius 3 is 2.86 bits per heavy atom. The highest BCUT2D eigenvalue weighted by Crippen LogP contribution is 2.22. The minimum Gasteiger partial charge on any atom is -0.482 e. The zero-order valence-corrected chi connectivity index (χ0v) is 12.3. The molecule has 0 unspecified atom stereocenters. The van der Waals surface area contributed by atoms with Crippen LogP contribution < -0.4 is 10.2 Å². The lowest BCUT2D eigenvalue weighted by molar-refractivity contribution is -0.123. The highest BCUT2D eigenvalue weighted by Gasteiger charge is 2.03. The first-order valence-electron chi connectivity index (χ1n) is 6.41. The summed E-state index contributed by atoms with van der Waals surface area (Å²) >= 11 is 5.92. The quantitative estimate of drug-likeness (QED) is 0.681. The number of hydrogen-bond acceptors (Lipinski definition) is 3. The largest absolute Gasteiger partial charge is 0.482 e. The van der Waals surface area contributed by atoms with Crippen LogP contribution in [0.25, 0.3) is 0 Å². The van der Waals surface area contributed by atoms with Gasteiger partial charge in [-0.05, 0) is 24.6 Å². The number of amides is 1. The van der Waals surface area contributed by atoms with Crippen LogP contribution in [-0.4, -0.2) is 18.7 Å². The van der Waals surface area contributed by atoms with Crippen molar-refractivity contribution in [1.29, 1.82) is 0 Å². The fraction of sp³-hybridized carbons (Fsp3) is 0.125. The standard InChI is InChI=1S/C16H15ClN2O2/c1-12-5-4-6-13(9-12)10-18-19-16(20)11-21-15-8-3-2-7-14(15)17/h2-10H,11H2,1H3,(H,19,20)/b18-10+. The maximum absolute atomic E-state index is 11.6. The molecular formula is C16H15ClN2O2. The summed E-state index contributed by atoms with van der Waals surface area (Å²) in [5.41, 5.74) is 4.45. The number of rotatable bonds is 5. The van der Waals surface area contributed by atoms with Crippen LogP contribution in [-0.2, 0) is 4.79 Å². The van der Waals surface area contributed by atoms with E-state index in [1.54, 1.807) is 30.5 Å². The molecule has 2 aromatic carbocycles. The van der Waals surface area contributed by atoms with Gasteiger partial charge in [0.2, 0.25) is 0 Å². The van der Waals surface area contributed by atoms with Crippen LogP contribution in [0.5, 0.6) is 5.75 Å². The molecule has 21 heavy (non-hydrogen) atoms. The maximum atomic E-state index is 11.6. The molecule has 1 N–H and O–H groups in total. The number of para-hydroxylation sites is 1. The van der Waals surface area contributed by atoms with E-state index in [4.69, 9.17) is 16.3 Å². The summed E-state index contributed by atoms with van der Waals surface area (Å²) in [6.45, 7) is 1.85. The van der Waals surface area contributed by atoms with Gasteiger partial charge < -0.3 is 4.74 Å². The van der Waals surface area contributed by atoms with Crippen molar-refractivity contribution in [3.8, 4) is 5.75 Å². The van der Waals surface area contributed by atoms with Gasteiger partial charge in [-0.2, -0.15) is 5.10 Å². The number of halogens is 1. The molecule has 0 spiro atoms. The Hall–Kier alpha value is -2.33. The minimum atomic E-state index is -0.348. The summed E-state index contributed by atoms with van der Waals surface area (Å²) in [6.07, 6.45) is 1.58. The molecule has 0 bridgehead atoms. The molecule has 0 aliphatic carbocycles. The number of carbonyl (C=O) groups is 1. The third kappa shape index (κ3) is 4.93. The highest BCUT2D eigenvalue weighted by molar-refractivity contribution is 6.32. The molecule has 2 aromatic rings. The fourth-order valence-corrected chi connectivity index (χ4v) is 1.86. The average molecular weight is 303 g/mol. The van der Waals surface area contributed by atoms with Crippen LogP contribution in [0.2, 0.25) is 5.02 Å². The van der Waals surface area contributed by atoms with Gasteiger partial charge in [0.25, 0.3) is 5.91 Å². The summed E-state index contributed by atoms with van der Waals surface area (Å²) in [7, 11) is 0. The zero-order chi connectivity index (χ0) is 15.1. The second-order valence-electron chi connectivity index (χ2n) is 4.43. The summed E-state index contributed by atoms with van der Waals surface area (Å²) in [5.74, 6) is 0.121. The molecule has 0 saturated heterocycles. The van der Waals surface area contributed by atoms with Crippen molar-refractivity contribution in [3.05, 3.63) is 64.7 Å². The van der Waals surface area contributed by atoms with Crippen LogP contribution in [0.1, 0.15) is 11.1 Å². The Morgan fingerprint density at radius 2 is 2.10 bits per heavy atom.